The summed E-state index contributed by atoms with van der Waals surface area (Å²) in [6, 6.07) is 15.9. The van der Waals surface area contributed by atoms with Crippen LogP contribution in [0.4, 0.5) is 0 Å². The fourth-order valence-corrected chi connectivity index (χ4v) is 6.34. The van der Waals surface area contributed by atoms with Crippen LogP contribution in [-0.4, -0.2) is 5.25 Å². The monoisotopic (exact) mass is 344 g/mol. The van der Waals surface area contributed by atoms with Gasteiger partial charge in [-0.15, -0.1) is 23.1 Å². The lowest BCUT2D eigenvalue weighted by Crippen LogP contribution is -2.16. The Kier molecular flexibility index (Phi) is 3.52. The molecule has 1 nitrogen and oxygen atoms in total. The summed E-state index contributed by atoms with van der Waals surface area (Å²) in [6.45, 7) is 2.20. The number of halogens is 1. The SMILES string of the molecule is CC1Sc2sc3cc(Cl)ccc3c(=O)c2C1c1ccccc1. The number of hydrogen-bond acceptors (Lipinski definition) is 3. The van der Waals surface area contributed by atoms with Gasteiger partial charge in [0, 0.05) is 31.8 Å². The van der Waals surface area contributed by atoms with E-state index in [0.717, 1.165) is 19.9 Å². The molecule has 4 heteroatoms. The predicted octanol–water partition coefficient (Wildman–Crippen LogP) is 5.54. The molecule has 0 fully saturated rings. The fraction of sp³-hybridized carbons (Fsp3) is 0.167. The van der Waals surface area contributed by atoms with Crippen molar-refractivity contribution in [3.05, 3.63) is 74.9 Å². The predicted molar refractivity (Wildman–Crippen MR) is 96.7 cm³/mol. The summed E-state index contributed by atoms with van der Waals surface area (Å²) in [5, 5.41) is 1.83. The molecule has 0 spiro atoms. The van der Waals surface area contributed by atoms with Crippen LogP contribution in [0.15, 0.2) is 57.5 Å². The van der Waals surface area contributed by atoms with Crippen molar-refractivity contribution in [3.8, 4) is 0 Å². The van der Waals surface area contributed by atoms with Crippen molar-refractivity contribution in [2.45, 2.75) is 22.3 Å². The van der Waals surface area contributed by atoms with E-state index in [9.17, 15) is 4.79 Å². The van der Waals surface area contributed by atoms with Gasteiger partial charge in [-0.3, -0.25) is 4.79 Å². The van der Waals surface area contributed by atoms with Gasteiger partial charge in [0.2, 0.25) is 0 Å². The van der Waals surface area contributed by atoms with E-state index >= 15 is 0 Å². The van der Waals surface area contributed by atoms with Crippen LogP contribution in [0.3, 0.4) is 0 Å². The zero-order valence-corrected chi connectivity index (χ0v) is 14.3. The van der Waals surface area contributed by atoms with Crippen LogP contribution in [0, 0.1) is 0 Å². The van der Waals surface area contributed by atoms with E-state index < -0.39 is 0 Å². The molecule has 4 rings (SSSR count). The second-order valence-corrected chi connectivity index (χ2v) is 8.62. The Balaban J connectivity index is 2.00. The Morgan fingerprint density at radius 2 is 1.86 bits per heavy atom. The highest BCUT2D eigenvalue weighted by molar-refractivity contribution is 8.02. The number of thioether (sulfide) groups is 1. The third-order valence-corrected chi connectivity index (χ3v) is 6.90. The van der Waals surface area contributed by atoms with Crippen molar-refractivity contribution in [2.75, 3.05) is 0 Å². The Hall–Kier alpha value is -1.29. The molecule has 22 heavy (non-hydrogen) atoms. The van der Waals surface area contributed by atoms with Crippen molar-refractivity contribution in [2.24, 2.45) is 0 Å². The second kappa shape index (κ2) is 5.41. The molecule has 2 aromatic carbocycles. The number of hydrogen-bond donors (Lipinski definition) is 0. The summed E-state index contributed by atoms with van der Waals surface area (Å²) in [7, 11) is 0. The molecule has 0 saturated heterocycles. The molecular weight excluding hydrogens is 332 g/mol. The first-order valence-electron chi connectivity index (χ1n) is 7.13. The molecule has 2 heterocycles. The molecule has 1 aromatic heterocycles. The van der Waals surface area contributed by atoms with Crippen LogP contribution in [0.1, 0.15) is 24.0 Å². The highest BCUT2D eigenvalue weighted by Crippen LogP contribution is 2.50. The van der Waals surface area contributed by atoms with Crippen molar-refractivity contribution in [1.29, 1.82) is 0 Å². The number of benzene rings is 2. The maximum absolute atomic E-state index is 13.0. The van der Waals surface area contributed by atoms with Gasteiger partial charge in [-0.2, -0.15) is 0 Å². The third kappa shape index (κ3) is 2.19. The lowest BCUT2D eigenvalue weighted by atomic mass is 9.90. The van der Waals surface area contributed by atoms with E-state index in [1.807, 2.05) is 30.3 Å². The standard InChI is InChI=1S/C18H13ClOS2/c1-10-15(11-5-3-2-4-6-11)16-17(20)13-8-7-12(19)9-14(13)22-18(16)21-10/h2-10,15H,1H3. The maximum Gasteiger partial charge on any atom is 0.193 e. The summed E-state index contributed by atoms with van der Waals surface area (Å²) in [6.07, 6.45) is 0. The van der Waals surface area contributed by atoms with Crippen molar-refractivity contribution in [3.63, 3.8) is 0 Å². The molecule has 0 saturated carbocycles. The van der Waals surface area contributed by atoms with Crippen molar-refractivity contribution < 1.29 is 0 Å². The lowest BCUT2D eigenvalue weighted by molar-refractivity contribution is 0.805. The molecule has 0 N–H and O–H groups in total. The van der Waals surface area contributed by atoms with Crippen LogP contribution >= 0.6 is 34.7 Å². The summed E-state index contributed by atoms with van der Waals surface area (Å²) in [5.41, 5.74) is 2.34. The largest absolute Gasteiger partial charge is 0.289 e. The first kappa shape index (κ1) is 14.3. The van der Waals surface area contributed by atoms with Gasteiger partial charge in [0.05, 0.1) is 4.21 Å². The van der Waals surface area contributed by atoms with E-state index in [0.29, 0.717) is 10.3 Å². The topological polar surface area (TPSA) is 17.1 Å². The van der Waals surface area contributed by atoms with Crippen LogP contribution in [-0.2, 0) is 0 Å². The highest BCUT2D eigenvalue weighted by Gasteiger charge is 2.35. The summed E-state index contributed by atoms with van der Waals surface area (Å²) in [4.78, 5) is 13.0. The van der Waals surface area contributed by atoms with Crippen molar-refractivity contribution in [1.82, 2.24) is 0 Å². The molecule has 3 aromatic rings. The average molecular weight is 345 g/mol. The van der Waals surface area contributed by atoms with Crippen molar-refractivity contribution >= 4 is 44.8 Å². The lowest BCUT2D eigenvalue weighted by Gasteiger charge is -2.15. The Labute approximate surface area is 141 Å². The van der Waals surface area contributed by atoms with Gasteiger partial charge in [-0.1, -0.05) is 48.9 Å². The molecule has 0 amide bonds. The molecule has 1 aliphatic heterocycles. The smallest absolute Gasteiger partial charge is 0.193 e. The quantitative estimate of drug-likeness (QED) is 0.576. The van der Waals surface area contributed by atoms with Gasteiger partial charge < -0.3 is 0 Å². The fourth-order valence-electron chi connectivity index (χ4n) is 3.09. The Morgan fingerprint density at radius 3 is 2.64 bits per heavy atom. The second-order valence-electron chi connectivity index (χ2n) is 5.48. The molecular formula is C18H13ClOS2. The summed E-state index contributed by atoms with van der Waals surface area (Å²) in [5.74, 6) is 0.171. The molecule has 2 atom stereocenters. The van der Waals surface area contributed by atoms with Gasteiger partial charge in [0.1, 0.15) is 0 Å². The van der Waals surface area contributed by atoms with Gasteiger partial charge in [0.15, 0.2) is 5.43 Å². The average Bonchev–Trinajstić information content (AvgIpc) is 2.84. The van der Waals surface area contributed by atoms with E-state index in [4.69, 9.17) is 11.6 Å². The van der Waals surface area contributed by atoms with Crippen LogP contribution in [0.5, 0.6) is 0 Å². The first-order chi connectivity index (χ1) is 10.6. The highest BCUT2D eigenvalue weighted by atomic mass is 35.5. The maximum atomic E-state index is 13.0. The first-order valence-corrected chi connectivity index (χ1v) is 9.20. The molecule has 110 valence electrons. The minimum absolute atomic E-state index is 0.158. The van der Waals surface area contributed by atoms with Gasteiger partial charge in [0.25, 0.3) is 0 Å². The van der Waals surface area contributed by atoms with E-state index in [1.54, 1.807) is 29.2 Å². The van der Waals surface area contributed by atoms with Crippen LogP contribution in [0.25, 0.3) is 10.1 Å². The zero-order chi connectivity index (χ0) is 15.3. The van der Waals surface area contributed by atoms with Gasteiger partial charge >= 0.3 is 0 Å². The minimum Gasteiger partial charge on any atom is -0.289 e. The summed E-state index contributed by atoms with van der Waals surface area (Å²) >= 11 is 9.56. The third-order valence-electron chi connectivity index (χ3n) is 4.09. The molecule has 0 bridgehead atoms. The number of fused-ring (bicyclic) bond motifs is 2. The Bertz CT molecular complexity index is 918. The number of rotatable bonds is 1. The molecule has 0 aliphatic carbocycles. The molecule has 2 unspecified atom stereocenters. The Morgan fingerprint density at radius 1 is 1.09 bits per heavy atom. The summed E-state index contributed by atoms with van der Waals surface area (Å²) < 4.78 is 2.12. The van der Waals surface area contributed by atoms with E-state index in [1.165, 1.54) is 5.56 Å². The van der Waals surface area contributed by atoms with E-state index in [-0.39, 0.29) is 11.3 Å². The van der Waals surface area contributed by atoms with E-state index in [2.05, 4.69) is 19.1 Å². The van der Waals surface area contributed by atoms with Gasteiger partial charge in [-0.05, 0) is 23.8 Å². The van der Waals surface area contributed by atoms with Gasteiger partial charge in [-0.25, -0.2) is 0 Å². The van der Waals surface area contributed by atoms with Crippen LogP contribution < -0.4 is 5.43 Å². The molecule has 0 radical (unpaired) electrons. The minimum atomic E-state index is 0.158. The van der Waals surface area contributed by atoms with Crippen LogP contribution in [0.2, 0.25) is 5.02 Å². The zero-order valence-electron chi connectivity index (χ0n) is 11.9. The molecule has 1 aliphatic rings. The normalized spacial score (nSPS) is 20.3.